The molecule has 2 rings (SSSR count). The Morgan fingerprint density at radius 2 is 1.91 bits per heavy atom. The van der Waals surface area contributed by atoms with E-state index in [1.54, 1.807) is 11.8 Å². The number of hydrogen-bond acceptors (Lipinski definition) is 2. The number of carbonyl (C=O) groups excluding carboxylic acids is 1. The lowest BCUT2D eigenvalue weighted by Crippen LogP contribution is -2.45. The maximum atomic E-state index is 12.3. The monoisotopic (exact) mass is 310 g/mol. The number of nitrogens with one attached hydrogen (secondary N) is 1. The molecule has 0 aromatic heterocycles. The van der Waals surface area contributed by atoms with E-state index in [1.807, 2.05) is 0 Å². The van der Waals surface area contributed by atoms with Crippen LogP contribution >= 0.6 is 0 Å². The van der Waals surface area contributed by atoms with Crippen molar-refractivity contribution >= 4 is 12.0 Å². The van der Waals surface area contributed by atoms with Crippen molar-refractivity contribution in [2.24, 2.45) is 16.7 Å². The van der Waals surface area contributed by atoms with Crippen molar-refractivity contribution in [2.75, 3.05) is 19.6 Å². The molecule has 1 unspecified atom stereocenters. The lowest BCUT2D eigenvalue weighted by atomic mass is 9.71. The number of carbonyl (C=O) groups is 2. The van der Waals surface area contributed by atoms with E-state index >= 15 is 0 Å². The second-order valence-electron chi connectivity index (χ2n) is 8.02. The average Bonchev–Trinajstić information content (AvgIpc) is 2.90. The zero-order valence-corrected chi connectivity index (χ0v) is 14.2. The smallest absolute Gasteiger partial charge is 0.317 e. The number of carboxylic acid groups (broad SMARTS) is 1. The standard InChI is InChI=1S/C17H30N2O3/c1-16(2,13-7-5-4-6-8-13)11-18-15(22)19-10-9-17(3,12-19)14(20)21/h13H,4-12H2,1-3H3,(H,18,22)(H,20,21). The zero-order chi connectivity index (χ0) is 16.4. The van der Waals surface area contributed by atoms with Crippen molar-refractivity contribution in [3.63, 3.8) is 0 Å². The van der Waals surface area contributed by atoms with Crippen LogP contribution in [0.5, 0.6) is 0 Å². The van der Waals surface area contributed by atoms with Crippen molar-refractivity contribution in [3.05, 3.63) is 0 Å². The zero-order valence-electron chi connectivity index (χ0n) is 14.2. The van der Waals surface area contributed by atoms with Gasteiger partial charge >= 0.3 is 12.0 Å². The number of hydrogen-bond donors (Lipinski definition) is 2. The van der Waals surface area contributed by atoms with Crippen LogP contribution < -0.4 is 5.32 Å². The van der Waals surface area contributed by atoms with Gasteiger partial charge in [0.05, 0.1) is 5.41 Å². The molecule has 0 bridgehead atoms. The molecule has 2 amide bonds. The van der Waals surface area contributed by atoms with Gasteiger partial charge < -0.3 is 15.3 Å². The predicted molar refractivity (Wildman–Crippen MR) is 85.7 cm³/mol. The molecular weight excluding hydrogens is 280 g/mol. The highest BCUT2D eigenvalue weighted by Crippen LogP contribution is 2.38. The van der Waals surface area contributed by atoms with Crippen molar-refractivity contribution in [1.82, 2.24) is 10.2 Å². The minimum atomic E-state index is -0.815. The summed E-state index contributed by atoms with van der Waals surface area (Å²) in [6, 6.07) is -0.117. The summed E-state index contributed by atoms with van der Waals surface area (Å²) in [5, 5.41) is 12.3. The quantitative estimate of drug-likeness (QED) is 0.838. The molecule has 0 radical (unpaired) electrons. The summed E-state index contributed by atoms with van der Waals surface area (Å²) in [6.07, 6.45) is 6.96. The van der Waals surface area contributed by atoms with Gasteiger partial charge in [0.1, 0.15) is 0 Å². The van der Waals surface area contributed by atoms with E-state index in [9.17, 15) is 14.7 Å². The molecule has 1 atom stereocenters. The van der Waals surface area contributed by atoms with Crippen molar-refractivity contribution < 1.29 is 14.7 Å². The molecule has 2 N–H and O–H groups in total. The van der Waals surface area contributed by atoms with Crippen LogP contribution in [0.1, 0.15) is 59.3 Å². The van der Waals surface area contributed by atoms with E-state index in [2.05, 4.69) is 19.2 Å². The lowest BCUT2D eigenvalue weighted by Gasteiger charge is -2.37. The molecule has 0 spiro atoms. The Hall–Kier alpha value is -1.26. The van der Waals surface area contributed by atoms with E-state index < -0.39 is 11.4 Å². The van der Waals surface area contributed by atoms with Crippen LogP contribution in [0.25, 0.3) is 0 Å². The van der Waals surface area contributed by atoms with Gasteiger partial charge in [-0.25, -0.2) is 4.79 Å². The van der Waals surface area contributed by atoms with Crippen LogP contribution in [-0.4, -0.2) is 41.6 Å². The second-order valence-corrected chi connectivity index (χ2v) is 8.02. The number of nitrogens with zero attached hydrogens (tertiary/aromatic N) is 1. The fourth-order valence-electron chi connectivity index (χ4n) is 3.75. The molecule has 0 aromatic rings. The summed E-state index contributed by atoms with van der Waals surface area (Å²) >= 11 is 0. The third-order valence-electron chi connectivity index (χ3n) is 5.68. The van der Waals surface area contributed by atoms with Crippen LogP contribution in [0.15, 0.2) is 0 Å². The van der Waals surface area contributed by atoms with Gasteiger partial charge in [0.25, 0.3) is 0 Å². The molecule has 2 fully saturated rings. The molecule has 1 saturated carbocycles. The van der Waals surface area contributed by atoms with E-state index in [1.165, 1.54) is 32.1 Å². The first kappa shape index (κ1) is 17.1. The highest BCUT2D eigenvalue weighted by molar-refractivity contribution is 5.79. The Morgan fingerprint density at radius 1 is 1.27 bits per heavy atom. The molecule has 22 heavy (non-hydrogen) atoms. The first-order valence-electron chi connectivity index (χ1n) is 8.51. The molecule has 126 valence electrons. The highest BCUT2D eigenvalue weighted by atomic mass is 16.4. The number of rotatable bonds is 4. The van der Waals surface area contributed by atoms with Crippen molar-refractivity contribution in [1.29, 1.82) is 0 Å². The second kappa shape index (κ2) is 6.47. The molecule has 1 aliphatic carbocycles. The minimum absolute atomic E-state index is 0.103. The average molecular weight is 310 g/mol. The van der Waals surface area contributed by atoms with Crippen LogP contribution in [0.2, 0.25) is 0 Å². The normalized spacial score (nSPS) is 27.0. The van der Waals surface area contributed by atoms with Gasteiger partial charge in [-0.1, -0.05) is 33.1 Å². The van der Waals surface area contributed by atoms with E-state index in [0.29, 0.717) is 32.0 Å². The first-order valence-corrected chi connectivity index (χ1v) is 8.51. The van der Waals surface area contributed by atoms with E-state index in [-0.39, 0.29) is 11.4 Å². The summed E-state index contributed by atoms with van der Waals surface area (Å²) in [4.78, 5) is 25.2. The van der Waals surface area contributed by atoms with Gasteiger partial charge in [-0.15, -0.1) is 0 Å². The van der Waals surface area contributed by atoms with Gasteiger partial charge in [0, 0.05) is 19.6 Å². The van der Waals surface area contributed by atoms with Crippen LogP contribution in [0.3, 0.4) is 0 Å². The number of aliphatic carboxylic acids is 1. The van der Waals surface area contributed by atoms with Gasteiger partial charge in [0.15, 0.2) is 0 Å². The first-order chi connectivity index (χ1) is 10.2. The molecule has 1 aliphatic heterocycles. The number of amides is 2. The Morgan fingerprint density at radius 3 is 2.45 bits per heavy atom. The Bertz CT molecular complexity index is 430. The molecule has 0 aromatic carbocycles. The van der Waals surface area contributed by atoms with Crippen LogP contribution in [0, 0.1) is 16.7 Å². The summed E-state index contributed by atoms with van der Waals surface area (Å²) in [5.41, 5.74) is -0.692. The number of carboxylic acids is 1. The lowest BCUT2D eigenvalue weighted by molar-refractivity contribution is -0.147. The molecule has 2 aliphatic rings. The summed E-state index contributed by atoms with van der Waals surface area (Å²) in [7, 11) is 0. The largest absolute Gasteiger partial charge is 0.481 e. The Labute approximate surface area is 133 Å². The van der Waals surface area contributed by atoms with Gasteiger partial charge in [-0.2, -0.15) is 0 Å². The third-order valence-corrected chi connectivity index (χ3v) is 5.68. The Kier molecular flexibility index (Phi) is 5.03. The third kappa shape index (κ3) is 3.73. The maximum absolute atomic E-state index is 12.3. The van der Waals surface area contributed by atoms with Crippen LogP contribution in [0.4, 0.5) is 4.79 Å². The number of likely N-dealkylation sites (tertiary alicyclic amines) is 1. The van der Waals surface area contributed by atoms with Crippen molar-refractivity contribution in [3.8, 4) is 0 Å². The molecule has 5 heteroatoms. The highest BCUT2D eigenvalue weighted by Gasteiger charge is 2.42. The summed E-state index contributed by atoms with van der Waals surface area (Å²) in [5.74, 6) is -0.144. The fraction of sp³-hybridized carbons (Fsp3) is 0.882. The van der Waals surface area contributed by atoms with Crippen LogP contribution in [-0.2, 0) is 4.79 Å². The van der Waals surface area contributed by atoms with Gasteiger partial charge in [-0.3, -0.25) is 4.79 Å². The Balaban J connectivity index is 1.84. The molecule has 5 nitrogen and oxygen atoms in total. The predicted octanol–water partition coefficient (Wildman–Crippen LogP) is 3.10. The van der Waals surface area contributed by atoms with Crippen molar-refractivity contribution in [2.45, 2.75) is 59.3 Å². The maximum Gasteiger partial charge on any atom is 0.317 e. The SMILES string of the molecule is CC1(C(=O)O)CCN(C(=O)NCC(C)(C)C2CCCCC2)C1. The fourth-order valence-corrected chi connectivity index (χ4v) is 3.75. The van der Waals surface area contributed by atoms with Gasteiger partial charge in [0.2, 0.25) is 0 Å². The number of urea groups is 1. The van der Waals surface area contributed by atoms with E-state index in [4.69, 9.17) is 0 Å². The molecular formula is C17H30N2O3. The molecule has 1 saturated heterocycles. The summed E-state index contributed by atoms with van der Waals surface area (Å²) in [6.45, 7) is 7.67. The van der Waals surface area contributed by atoms with E-state index in [0.717, 1.165) is 0 Å². The molecule has 1 heterocycles. The van der Waals surface area contributed by atoms with Gasteiger partial charge in [-0.05, 0) is 37.5 Å². The topological polar surface area (TPSA) is 69.6 Å². The summed E-state index contributed by atoms with van der Waals surface area (Å²) < 4.78 is 0. The minimum Gasteiger partial charge on any atom is -0.481 e.